The van der Waals surface area contributed by atoms with Crippen LogP contribution < -0.4 is 10.1 Å². The summed E-state index contributed by atoms with van der Waals surface area (Å²) in [5.74, 6) is -0.0836. The molecule has 0 bridgehead atoms. The van der Waals surface area contributed by atoms with Gasteiger partial charge in [-0.1, -0.05) is 12.1 Å². The molecule has 1 aromatic rings. The molecule has 0 radical (unpaired) electrons. The fraction of sp³-hybridized carbons (Fsp3) is 0.231. The van der Waals surface area contributed by atoms with Crippen molar-refractivity contribution in [2.45, 2.75) is 0 Å². The van der Waals surface area contributed by atoms with Gasteiger partial charge in [0.1, 0.15) is 12.3 Å². The highest BCUT2D eigenvalue weighted by molar-refractivity contribution is 5.93. The van der Waals surface area contributed by atoms with E-state index < -0.39 is 5.97 Å². The van der Waals surface area contributed by atoms with Crippen LogP contribution in [0.3, 0.4) is 0 Å². The van der Waals surface area contributed by atoms with Crippen molar-refractivity contribution in [1.29, 1.82) is 0 Å². The highest BCUT2D eigenvalue weighted by Crippen LogP contribution is 2.11. The second-order valence-electron chi connectivity index (χ2n) is 3.40. The maximum absolute atomic E-state index is 11.3. The Hall–Kier alpha value is -2.30. The van der Waals surface area contributed by atoms with Gasteiger partial charge in [-0.3, -0.25) is 9.59 Å². The smallest absolute Gasteiger partial charge is 0.325 e. The third-order valence-electron chi connectivity index (χ3n) is 2.18. The van der Waals surface area contributed by atoms with Crippen molar-refractivity contribution < 1.29 is 19.1 Å². The molecule has 1 amide bonds. The molecular weight excluding hydrogens is 234 g/mol. The fourth-order valence-electron chi connectivity index (χ4n) is 1.18. The highest BCUT2D eigenvalue weighted by Gasteiger charge is 2.01. The van der Waals surface area contributed by atoms with Crippen LogP contribution in [0, 0.1) is 0 Å². The molecule has 96 valence electrons. The summed E-state index contributed by atoms with van der Waals surface area (Å²) < 4.78 is 9.41. The van der Waals surface area contributed by atoms with E-state index in [-0.39, 0.29) is 12.5 Å². The fourth-order valence-corrected chi connectivity index (χ4v) is 1.18. The first-order chi connectivity index (χ1) is 8.65. The van der Waals surface area contributed by atoms with Crippen LogP contribution in [0.1, 0.15) is 5.56 Å². The van der Waals surface area contributed by atoms with E-state index >= 15 is 0 Å². The van der Waals surface area contributed by atoms with Crippen LogP contribution in [-0.2, 0) is 14.3 Å². The molecule has 1 rings (SSSR count). The Balaban J connectivity index is 2.47. The number of esters is 1. The third-order valence-corrected chi connectivity index (χ3v) is 2.18. The van der Waals surface area contributed by atoms with Crippen molar-refractivity contribution in [3.8, 4) is 5.75 Å². The van der Waals surface area contributed by atoms with E-state index in [0.717, 1.165) is 11.3 Å². The molecule has 18 heavy (non-hydrogen) atoms. The number of benzene rings is 1. The van der Waals surface area contributed by atoms with E-state index in [2.05, 4.69) is 10.1 Å². The van der Waals surface area contributed by atoms with Crippen molar-refractivity contribution >= 4 is 18.0 Å². The third kappa shape index (κ3) is 4.69. The van der Waals surface area contributed by atoms with Crippen molar-refractivity contribution in [2.24, 2.45) is 0 Å². The molecule has 0 atom stereocenters. The largest absolute Gasteiger partial charge is 0.497 e. The lowest BCUT2D eigenvalue weighted by atomic mass is 10.2. The zero-order valence-electron chi connectivity index (χ0n) is 10.3. The van der Waals surface area contributed by atoms with E-state index in [1.165, 1.54) is 13.2 Å². The number of amides is 1. The minimum absolute atomic E-state index is 0.137. The summed E-state index contributed by atoms with van der Waals surface area (Å²) in [5, 5.41) is 2.40. The normalized spacial score (nSPS) is 10.1. The van der Waals surface area contributed by atoms with Gasteiger partial charge < -0.3 is 14.8 Å². The second-order valence-corrected chi connectivity index (χ2v) is 3.40. The monoisotopic (exact) mass is 249 g/mol. The summed E-state index contributed by atoms with van der Waals surface area (Å²) >= 11 is 0. The molecule has 0 unspecified atom stereocenters. The van der Waals surface area contributed by atoms with Crippen LogP contribution in [0.4, 0.5) is 0 Å². The SMILES string of the molecule is COC(=O)CNC(=O)/C=C/c1ccc(OC)cc1. The lowest BCUT2D eigenvalue weighted by Gasteiger charge is -2.00. The van der Waals surface area contributed by atoms with Crippen molar-refractivity contribution in [2.75, 3.05) is 20.8 Å². The van der Waals surface area contributed by atoms with Crippen LogP contribution in [0.15, 0.2) is 30.3 Å². The van der Waals surface area contributed by atoms with Gasteiger partial charge in [0.15, 0.2) is 0 Å². The standard InChI is InChI=1S/C13H15NO4/c1-17-11-6-3-10(4-7-11)5-8-12(15)14-9-13(16)18-2/h3-8H,9H2,1-2H3,(H,14,15)/b8-5+. The molecule has 1 N–H and O–H groups in total. The number of rotatable bonds is 5. The van der Waals surface area contributed by atoms with E-state index in [0.29, 0.717) is 0 Å². The zero-order valence-corrected chi connectivity index (χ0v) is 10.3. The number of ether oxygens (including phenoxy) is 2. The average Bonchev–Trinajstić information content (AvgIpc) is 2.42. The zero-order chi connectivity index (χ0) is 13.4. The summed E-state index contributed by atoms with van der Waals surface area (Å²) in [6.45, 7) is -0.137. The molecule has 0 fully saturated rings. The van der Waals surface area contributed by atoms with E-state index in [4.69, 9.17) is 4.74 Å². The molecule has 0 saturated heterocycles. The van der Waals surface area contributed by atoms with Gasteiger partial charge in [0.2, 0.25) is 5.91 Å². The van der Waals surface area contributed by atoms with Crippen LogP contribution >= 0.6 is 0 Å². The Morgan fingerprint density at radius 1 is 1.22 bits per heavy atom. The van der Waals surface area contributed by atoms with Crippen LogP contribution in [0.2, 0.25) is 0 Å². The molecular formula is C13H15NO4. The van der Waals surface area contributed by atoms with Crippen molar-refractivity contribution in [3.63, 3.8) is 0 Å². The Morgan fingerprint density at radius 2 is 1.89 bits per heavy atom. The molecule has 0 saturated carbocycles. The summed E-state index contributed by atoms with van der Waals surface area (Å²) in [6.07, 6.45) is 3.00. The van der Waals surface area contributed by atoms with E-state index in [1.807, 2.05) is 12.1 Å². The number of hydrogen-bond donors (Lipinski definition) is 1. The predicted molar refractivity (Wildman–Crippen MR) is 67.1 cm³/mol. The van der Waals surface area contributed by atoms with Gasteiger partial charge in [-0.2, -0.15) is 0 Å². The number of carbonyl (C=O) groups excluding carboxylic acids is 2. The molecule has 1 aromatic carbocycles. The predicted octanol–water partition coefficient (Wildman–Crippen LogP) is 0.998. The maximum Gasteiger partial charge on any atom is 0.325 e. The Bertz CT molecular complexity index is 437. The number of methoxy groups -OCH3 is 2. The lowest BCUT2D eigenvalue weighted by molar-refractivity contribution is -0.140. The van der Waals surface area contributed by atoms with Gasteiger partial charge in [0.05, 0.1) is 14.2 Å². The molecule has 0 spiro atoms. The number of nitrogens with one attached hydrogen (secondary N) is 1. The maximum atomic E-state index is 11.3. The van der Waals surface area contributed by atoms with Crippen LogP contribution in [0.5, 0.6) is 5.75 Å². The average molecular weight is 249 g/mol. The van der Waals surface area contributed by atoms with Gasteiger partial charge in [0, 0.05) is 6.08 Å². The molecule has 0 aliphatic rings. The molecule has 5 heteroatoms. The molecule has 0 aliphatic heterocycles. The van der Waals surface area contributed by atoms with E-state index in [9.17, 15) is 9.59 Å². The Labute approximate surface area is 105 Å². The first-order valence-electron chi connectivity index (χ1n) is 5.32. The highest BCUT2D eigenvalue weighted by atomic mass is 16.5. The van der Waals surface area contributed by atoms with Crippen LogP contribution in [-0.4, -0.2) is 32.6 Å². The summed E-state index contributed by atoms with van der Waals surface area (Å²) in [6, 6.07) is 7.24. The van der Waals surface area contributed by atoms with Crippen LogP contribution in [0.25, 0.3) is 6.08 Å². The van der Waals surface area contributed by atoms with Gasteiger partial charge in [0.25, 0.3) is 0 Å². The quantitative estimate of drug-likeness (QED) is 0.624. The first kappa shape index (κ1) is 13.8. The van der Waals surface area contributed by atoms with Gasteiger partial charge in [-0.15, -0.1) is 0 Å². The molecule has 0 aliphatic carbocycles. The van der Waals surface area contributed by atoms with Gasteiger partial charge >= 0.3 is 5.97 Å². The molecule has 5 nitrogen and oxygen atoms in total. The lowest BCUT2D eigenvalue weighted by Crippen LogP contribution is -2.28. The molecule has 0 heterocycles. The van der Waals surface area contributed by atoms with Gasteiger partial charge in [-0.25, -0.2) is 0 Å². The minimum Gasteiger partial charge on any atom is -0.497 e. The Kier molecular flexibility index (Phi) is 5.44. The number of carbonyl (C=O) groups is 2. The topological polar surface area (TPSA) is 64.6 Å². The van der Waals surface area contributed by atoms with Gasteiger partial charge in [-0.05, 0) is 23.8 Å². The number of hydrogen-bond acceptors (Lipinski definition) is 4. The summed E-state index contributed by atoms with van der Waals surface area (Å²) in [7, 11) is 2.85. The van der Waals surface area contributed by atoms with E-state index in [1.54, 1.807) is 25.3 Å². The molecule has 0 aromatic heterocycles. The second kappa shape index (κ2) is 7.11. The minimum atomic E-state index is -0.485. The summed E-state index contributed by atoms with van der Waals surface area (Å²) in [4.78, 5) is 22.1. The Morgan fingerprint density at radius 3 is 2.44 bits per heavy atom. The van der Waals surface area contributed by atoms with Crippen molar-refractivity contribution in [1.82, 2.24) is 5.32 Å². The van der Waals surface area contributed by atoms with Crippen molar-refractivity contribution in [3.05, 3.63) is 35.9 Å². The first-order valence-corrected chi connectivity index (χ1v) is 5.32. The summed E-state index contributed by atoms with van der Waals surface area (Å²) in [5.41, 5.74) is 0.865.